The fourth-order valence-corrected chi connectivity index (χ4v) is 2.97. The minimum atomic E-state index is -0.114. The molecule has 0 fully saturated rings. The normalized spacial score (nSPS) is 10.5. The maximum Gasteiger partial charge on any atom is 0.255 e. The highest BCUT2D eigenvalue weighted by Gasteiger charge is 2.11. The van der Waals surface area contributed by atoms with Gasteiger partial charge in [-0.25, -0.2) is 0 Å². The first kappa shape index (κ1) is 19.3. The van der Waals surface area contributed by atoms with Crippen LogP contribution in [0.3, 0.4) is 0 Å². The highest BCUT2D eigenvalue weighted by atomic mass is 32.2. The van der Waals surface area contributed by atoms with E-state index in [4.69, 9.17) is 9.47 Å². The van der Waals surface area contributed by atoms with Gasteiger partial charge in [-0.3, -0.25) is 4.79 Å². The number of aryl methyl sites for hydroxylation is 1. The van der Waals surface area contributed by atoms with E-state index in [1.807, 2.05) is 25.1 Å². The highest BCUT2D eigenvalue weighted by molar-refractivity contribution is 7.99. The molecule has 0 spiro atoms. The van der Waals surface area contributed by atoms with Gasteiger partial charge in [0.05, 0.1) is 12.2 Å². The van der Waals surface area contributed by atoms with Crippen LogP contribution in [0.25, 0.3) is 0 Å². The zero-order valence-corrected chi connectivity index (χ0v) is 15.6. The largest absolute Gasteiger partial charge is 0.490 e. The molecule has 2 rings (SSSR count). The smallest absolute Gasteiger partial charge is 0.255 e. The molecule has 2 aromatic rings. The lowest BCUT2D eigenvalue weighted by Crippen LogP contribution is -2.26. The lowest BCUT2D eigenvalue weighted by molar-refractivity contribution is 0.0939. The number of carbonyl (C=O) groups is 1. The van der Waals surface area contributed by atoms with Crippen molar-refractivity contribution in [2.24, 2.45) is 0 Å². The van der Waals surface area contributed by atoms with Crippen molar-refractivity contribution in [1.82, 2.24) is 5.32 Å². The molecule has 0 saturated heterocycles. The van der Waals surface area contributed by atoms with Crippen LogP contribution in [-0.2, 0) is 4.74 Å². The molecule has 0 radical (unpaired) electrons. The molecular formula is C20H25NO3S. The second kappa shape index (κ2) is 10.8. The first-order valence-corrected chi connectivity index (χ1v) is 9.46. The number of para-hydroxylation sites is 1. The zero-order valence-electron chi connectivity index (χ0n) is 14.8. The molecule has 0 aliphatic heterocycles. The fraction of sp³-hybridized carbons (Fsp3) is 0.350. The van der Waals surface area contributed by atoms with Gasteiger partial charge in [0.25, 0.3) is 5.91 Å². The van der Waals surface area contributed by atoms with E-state index < -0.39 is 0 Å². The topological polar surface area (TPSA) is 47.6 Å². The Morgan fingerprint density at radius 3 is 2.60 bits per heavy atom. The van der Waals surface area contributed by atoms with E-state index >= 15 is 0 Å². The summed E-state index contributed by atoms with van der Waals surface area (Å²) in [5.74, 6) is 1.30. The van der Waals surface area contributed by atoms with Gasteiger partial charge in [-0.05, 0) is 38.1 Å². The molecule has 0 atom stereocenters. The fourth-order valence-electron chi connectivity index (χ4n) is 2.20. The first-order chi connectivity index (χ1) is 12.2. The van der Waals surface area contributed by atoms with Gasteiger partial charge >= 0.3 is 0 Å². The Bertz CT molecular complexity index is 658. The Hall–Kier alpha value is -1.98. The van der Waals surface area contributed by atoms with Gasteiger partial charge in [0.1, 0.15) is 12.4 Å². The number of amides is 1. The zero-order chi connectivity index (χ0) is 17.9. The van der Waals surface area contributed by atoms with Gasteiger partial charge in [0, 0.05) is 23.8 Å². The van der Waals surface area contributed by atoms with Crippen LogP contribution in [0.15, 0.2) is 53.4 Å². The third-order valence-corrected chi connectivity index (χ3v) is 4.51. The third kappa shape index (κ3) is 6.80. The lowest BCUT2D eigenvalue weighted by Gasteiger charge is -2.11. The summed E-state index contributed by atoms with van der Waals surface area (Å²) in [6, 6.07) is 15.7. The third-order valence-electron chi connectivity index (χ3n) is 3.50. The van der Waals surface area contributed by atoms with Gasteiger partial charge in [-0.15, -0.1) is 11.8 Å². The predicted molar refractivity (Wildman–Crippen MR) is 103 cm³/mol. The highest BCUT2D eigenvalue weighted by Crippen LogP contribution is 2.19. The molecule has 0 aliphatic rings. The number of hydrogen-bond acceptors (Lipinski definition) is 4. The molecule has 1 amide bonds. The number of rotatable bonds is 10. The maximum atomic E-state index is 12.4. The molecule has 4 nitrogen and oxygen atoms in total. The molecule has 0 bridgehead atoms. The molecule has 0 aromatic heterocycles. The van der Waals surface area contributed by atoms with E-state index in [1.165, 1.54) is 10.5 Å². The average Bonchev–Trinajstić information content (AvgIpc) is 2.64. The van der Waals surface area contributed by atoms with Crippen LogP contribution in [0.4, 0.5) is 0 Å². The van der Waals surface area contributed by atoms with Crippen molar-refractivity contribution in [2.75, 3.05) is 32.1 Å². The van der Waals surface area contributed by atoms with E-state index in [1.54, 1.807) is 17.8 Å². The molecule has 5 heteroatoms. The van der Waals surface area contributed by atoms with Gasteiger partial charge in [0.2, 0.25) is 0 Å². The summed E-state index contributed by atoms with van der Waals surface area (Å²) in [7, 11) is 0. The van der Waals surface area contributed by atoms with Crippen LogP contribution in [0.5, 0.6) is 5.75 Å². The van der Waals surface area contributed by atoms with E-state index in [-0.39, 0.29) is 5.91 Å². The standard InChI is InChI=1S/C20H25NO3S/c1-3-23-13-14-24-19-7-5-4-6-18(19)20(22)21-12-15-25-17-10-8-16(2)9-11-17/h4-11H,3,12-15H2,1-2H3,(H,21,22). The number of hydrogen-bond donors (Lipinski definition) is 1. The second-order valence-electron chi connectivity index (χ2n) is 5.46. The van der Waals surface area contributed by atoms with Crippen molar-refractivity contribution in [1.29, 1.82) is 0 Å². The molecule has 1 N–H and O–H groups in total. The van der Waals surface area contributed by atoms with Crippen LogP contribution in [0.2, 0.25) is 0 Å². The quantitative estimate of drug-likeness (QED) is 0.516. The summed E-state index contributed by atoms with van der Waals surface area (Å²) < 4.78 is 10.9. The van der Waals surface area contributed by atoms with Crippen molar-refractivity contribution >= 4 is 17.7 Å². The summed E-state index contributed by atoms with van der Waals surface area (Å²) in [4.78, 5) is 13.6. The molecule has 0 aliphatic carbocycles. The van der Waals surface area contributed by atoms with Gasteiger partial charge < -0.3 is 14.8 Å². The molecule has 2 aromatic carbocycles. The lowest BCUT2D eigenvalue weighted by atomic mass is 10.2. The number of nitrogens with one attached hydrogen (secondary N) is 1. The minimum absolute atomic E-state index is 0.114. The first-order valence-electron chi connectivity index (χ1n) is 8.48. The monoisotopic (exact) mass is 359 g/mol. The van der Waals surface area contributed by atoms with E-state index in [2.05, 4.69) is 36.5 Å². The van der Waals surface area contributed by atoms with Crippen LogP contribution in [-0.4, -0.2) is 38.0 Å². The summed E-state index contributed by atoms with van der Waals surface area (Å²) in [6.07, 6.45) is 0. The Balaban J connectivity index is 1.79. The SMILES string of the molecule is CCOCCOc1ccccc1C(=O)NCCSc1ccc(C)cc1. The van der Waals surface area contributed by atoms with Crippen LogP contribution < -0.4 is 10.1 Å². The summed E-state index contributed by atoms with van der Waals surface area (Å²) >= 11 is 1.73. The average molecular weight is 359 g/mol. The van der Waals surface area contributed by atoms with E-state index in [0.29, 0.717) is 37.7 Å². The van der Waals surface area contributed by atoms with Crippen molar-refractivity contribution in [3.63, 3.8) is 0 Å². The van der Waals surface area contributed by atoms with Crippen LogP contribution >= 0.6 is 11.8 Å². The molecule has 0 heterocycles. The van der Waals surface area contributed by atoms with Gasteiger partial charge in [-0.1, -0.05) is 29.8 Å². The maximum absolute atomic E-state index is 12.4. The molecule has 25 heavy (non-hydrogen) atoms. The molecular weight excluding hydrogens is 334 g/mol. The second-order valence-corrected chi connectivity index (χ2v) is 6.63. The predicted octanol–water partition coefficient (Wildman–Crippen LogP) is 3.93. The Kier molecular flexibility index (Phi) is 8.35. The van der Waals surface area contributed by atoms with Crippen molar-refractivity contribution in [3.8, 4) is 5.75 Å². The molecule has 0 saturated carbocycles. The minimum Gasteiger partial charge on any atom is -0.490 e. The van der Waals surface area contributed by atoms with Crippen LogP contribution in [0.1, 0.15) is 22.8 Å². The van der Waals surface area contributed by atoms with Gasteiger partial charge in [-0.2, -0.15) is 0 Å². The summed E-state index contributed by atoms with van der Waals surface area (Å²) in [6.45, 7) is 6.22. The van der Waals surface area contributed by atoms with Gasteiger partial charge in [0.15, 0.2) is 0 Å². The Morgan fingerprint density at radius 1 is 1.08 bits per heavy atom. The summed E-state index contributed by atoms with van der Waals surface area (Å²) in [5, 5.41) is 2.95. The van der Waals surface area contributed by atoms with Crippen molar-refractivity contribution in [2.45, 2.75) is 18.7 Å². The molecule has 0 unspecified atom stereocenters. The number of benzene rings is 2. The van der Waals surface area contributed by atoms with Crippen molar-refractivity contribution < 1.29 is 14.3 Å². The Labute approximate surface area is 153 Å². The van der Waals surface area contributed by atoms with E-state index in [9.17, 15) is 4.79 Å². The number of thioether (sulfide) groups is 1. The van der Waals surface area contributed by atoms with E-state index in [0.717, 1.165) is 5.75 Å². The number of ether oxygens (including phenoxy) is 2. The molecule has 134 valence electrons. The summed E-state index contributed by atoms with van der Waals surface area (Å²) in [5.41, 5.74) is 1.80. The van der Waals surface area contributed by atoms with Crippen LogP contribution in [0, 0.1) is 6.92 Å². The number of carbonyl (C=O) groups excluding carboxylic acids is 1. The Morgan fingerprint density at radius 2 is 1.84 bits per heavy atom. The van der Waals surface area contributed by atoms with Crippen molar-refractivity contribution in [3.05, 3.63) is 59.7 Å².